The van der Waals surface area contributed by atoms with Gasteiger partial charge in [-0.05, 0) is 58.2 Å². The number of ether oxygens (including phenoxy) is 1. The Balaban J connectivity index is 2.04. The zero-order valence-electron chi connectivity index (χ0n) is 15.1. The van der Waals surface area contributed by atoms with Crippen molar-refractivity contribution in [2.45, 2.75) is 52.2 Å². The SMILES string of the molecule is Cc1cc(F)c(C(=O)N2CCC[C@H](NC(=O)OC(C)(C)C)C2)cc1O. The maximum Gasteiger partial charge on any atom is 0.407 e. The Morgan fingerprint density at radius 2 is 2.04 bits per heavy atom. The van der Waals surface area contributed by atoms with Crippen LogP contribution in [0.15, 0.2) is 12.1 Å². The van der Waals surface area contributed by atoms with Crippen LogP contribution in [0.5, 0.6) is 5.75 Å². The lowest BCUT2D eigenvalue weighted by Gasteiger charge is -2.33. The minimum atomic E-state index is -0.664. The van der Waals surface area contributed by atoms with E-state index in [1.165, 1.54) is 4.90 Å². The van der Waals surface area contributed by atoms with Gasteiger partial charge in [-0.3, -0.25) is 4.79 Å². The number of piperidine rings is 1. The summed E-state index contributed by atoms with van der Waals surface area (Å²) in [6.45, 7) is 7.63. The molecule has 1 aliphatic rings. The summed E-state index contributed by atoms with van der Waals surface area (Å²) in [6, 6.07) is 2.04. The molecule has 1 aromatic rings. The highest BCUT2D eigenvalue weighted by molar-refractivity contribution is 5.95. The van der Waals surface area contributed by atoms with Gasteiger partial charge in [-0.1, -0.05) is 0 Å². The van der Waals surface area contributed by atoms with E-state index in [2.05, 4.69) is 5.32 Å². The molecule has 1 heterocycles. The number of halogens is 1. The van der Waals surface area contributed by atoms with Crippen molar-refractivity contribution in [1.82, 2.24) is 10.2 Å². The average Bonchev–Trinajstić information content (AvgIpc) is 2.48. The Morgan fingerprint density at radius 1 is 1.36 bits per heavy atom. The first kappa shape index (κ1) is 19.0. The third kappa shape index (κ3) is 5.08. The molecule has 1 aliphatic heterocycles. The number of nitrogens with zero attached hydrogens (tertiary/aromatic N) is 1. The van der Waals surface area contributed by atoms with E-state index >= 15 is 0 Å². The van der Waals surface area contributed by atoms with Gasteiger partial charge in [-0.2, -0.15) is 0 Å². The maximum atomic E-state index is 14.1. The highest BCUT2D eigenvalue weighted by Crippen LogP contribution is 2.23. The molecule has 25 heavy (non-hydrogen) atoms. The van der Waals surface area contributed by atoms with Crippen molar-refractivity contribution in [3.05, 3.63) is 29.1 Å². The fourth-order valence-electron chi connectivity index (χ4n) is 2.75. The Kier molecular flexibility index (Phi) is 5.55. The van der Waals surface area contributed by atoms with Crippen molar-refractivity contribution in [1.29, 1.82) is 0 Å². The number of aromatic hydroxyl groups is 1. The second-order valence-electron chi connectivity index (χ2n) is 7.36. The van der Waals surface area contributed by atoms with Gasteiger partial charge in [0.1, 0.15) is 17.2 Å². The quantitative estimate of drug-likeness (QED) is 0.858. The van der Waals surface area contributed by atoms with Crippen LogP contribution >= 0.6 is 0 Å². The van der Waals surface area contributed by atoms with Crippen LogP contribution in [0, 0.1) is 12.7 Å². The molecule has 1 aromatic carbocycles. The lowest BCUT2D eigenvalue weighted by molar-refractivity contribution is 0.0451. The molecule has 0 saturated carbocycles. The molecule has 2 rings (SSSR count). The molecule has 0 bridgehead atoms. The number of phenols is 1. The molecular formula is C18H25FN2O4. The number of carbonyl (C=O) groups excluding carboxylic acids is 2. The van der Waals surface area contributed by atoms with Gasteiger partial charge < -0.3 is 20.1 Å². The largest absolute Gasteiger partial charge is 0.508 e. The second kappa shape index (κ2) is 7.29. The molecule has 0 spiro atoms. The monoisotopic (exact) mass is 352 g/mol. The topological polar surface area (TPSA) is 78.9 Å². The van der Waals surface area contributed by atoms with E-state index in [-0.39, 0.29) is 23.9 Å². The van der Waals surface area contributed by atoms with Crippen molar-refractivity contribution < 1.29 is 23.8 Å². The zero-order valence-corrected chi connectivity index (χ0v) is 15.1. The normalized spacial score (nSPS) is 18.0. The molecule has 2 amide bonds. The minimum absolute atomic E-state index is 0.120. The van der Waals surface area contributed by atoms with Gasteiger partial charge in [0, 0.05) is 19.1 Å². The van der Waals surface area contributed by atoms with E-state index < -0.39 is 23.4 Å². The Bertz CT molecular complexity index is 670. The van der Waals surface area contributed by atoms with E-state index in [4.69, 9.17) is 4.74 Å². The van der Waals surface area contributed by atoms with Crippen molar-refractivity contribution >= 4 is 12.0 Å². The summed E-state index contributed by atoms with van der Waals surface area (Å²) in [5.41, 5.74) is -0.394. The number of aryl methyl sites for hydroxylation is 1. The first-order valence-corrected chi connectivity index (χ1v) is 8.35. The number of carbonyl (C=O) groups is 2. The van der Waals surface area contributed by atoms with E-state index in [1.807, 2.05) is 0 Å². The van der Waals surface area contributed by atoms with Gasteiger partial charge in [0.15, 0.2) is 0 Å². The Labute approximate surface area is 147 Å². The summed E-state index contributed by atoms with van der Waals surface area (Å²) in [5, 5.41) is 12.5. The predicted octanol–water partition coefficient (Wildman–Crippen LogP) is 2.97. The molecule has 7 heteroatoms. The summed E-state index contributed by atoms with van der Waals surface area (Å²) < 4.78 is 19.3. The number of nitrogens with one attached hydrogen (secondary N) is 1. The molecule has 0 aromatic heterocycles. The summed E-state index contributed by atoms with van der Waals surface area (Å²) in [4.78, 5) is 25.9. The van der Waals surface area contributed by atoms with E-state index in [0.29, 0.717) is 24.9 Å². The summed E-state index contributed by atoms with van der Waals surface area (Å²) >= 11 is 0. The van der Waals surface area contributed by atoms with Crippen LogP contribution in [0.3, 0.4) is 0 Å². The lowest BCUT2D eigenvalue weighted by Crippen LogP contribution is -2.50. The Morgan fingerprint density at radius 3 is 2.68 bits per heavy atom. The van der Waals surface area contributed by atoms with Crippen LogP contribution in [0.4, 0.5) is 9.18 Å². The third-order valence-corrected chi connectivity index (χ3v) is 3.95. The fourth-order valence-corrected chi connectivity index (χ4v) is 2.75. The number of phenolic OH excluding ortho intramolecular Hbond substituents is 1. The van der Waals surface area contributed by atoms with Crippen molar-refractivity contribution in [3.63, 3.8) is 0 Å². The first-order chi connectivity index (χ1) is 11.6. The average molecular weight is 352 g/mol. The van der Waals surface area contributed by atoms with E-state index in [1.54, 1.807) is 27.7 Å². The number of rotatable bonds is 2. The van der Waals surface area contributed by atoms with E-state index in [9.17, 15) is 19.1 Å². The first-order valence-electron chi connectivity index (χ1n) is 8.35. The van der Waals surface area contributed by atoms with Crippen LogP contribution in [0.2, 0.25) is 0 Å². The van der Waals surface area contributed by atoms with Crippen molar-refractivity contribution in [2.75, 3.05) is 13.1 Å². The number of hydrogen-bond donors (Lipinski definition) is 2. The summed E-state index contributed by atoms with van der Waals surface area (Å²) in [5.74, 6) is -1.28. The molecule has 1 atom stereocenters. The number of alkyl carbamates (subject to hydrolysis) is 1. The van der Waals surface area contributed by atoms with Gasteiger partial charge in [-0.25, -0.2) is 9.18 Å². The van der Waals surface area contributed by atoms with Crippen LogP contribution in [0.25, 0.3) is 0 Å². The van der Waals surface area contributed by atoms with Crippen LogP contribution in [0.1, 0.15) is 49.5 Å². The maximum absolute atomic E-state index is 14.1. The highest BCUT2D eigenvalue weighted by Gasteiger charge is 2.28. The van der Waals surface area contributed by atoms with Crippen LogP contribution < -0.4 is 5.32 Å². The number of amides is 2. The summed E-state index contributed by atoms with van der Waals surface area (Å²) in [6.07, 6.45) is 0.863. The van der Waals surface area contributed by atoms with Crippen LogP contribution in [-0.2, 0) is 4.74 Å². The standard InChI is InChI=1S/C18H25FN2O4/c1-11-8-14(19)13(9-15(11)22)16(23)21-7-5-6-12(10-21)20-17(24)25-18(2,3)4/h8-9,12,22H,5-7,10H2,1-4H3,(H,20,24)/t12-/m0/s1. The van der Waals surface area contributed by atoms with Gasteiger partial charge >= 0.3 is 6.09 Å². The summed E-state index contributed by atoms with van der Waals surface area (Å²) in [7, 11) is 0. The molecule has 0 unspecified atom stereocenters. The van der Waals surface area contributed by atoms with Crippen molar-refractivity contribution in [2.24, 2.45) is 0 Å². The van der Waals surface area contributed by atoms with Gasteiger partial charge in [0.2, 0.25) is 0 Å². The number of likely N-dealkylation sites (tertiary alicyclic amines) is 1. The third-order valence-electron chi connectivity index (χ3n) is 3.95. The molecule has 1 saturated heterocycles. The van der Waals surface area contributed by atoms with Crippen LogP contribution in [-0.4, -0.2) is 46.7 Å². The predicted molar refractivity (Wildman–Crippen MR) is 91.1 cm³/mol. The highest BCUT2D eigenvalue weighted by atomic mass is 19.1. The number of benzene rings is 1. The fraction of sp³-hybridized carbons (Fsp3) is 0.556. The molecule has 2 N–H and O–H groups in total. The molecule has 6 nitrogen and oxygen atoms in total. The second-order valence-corrected chi connectivity index (χ2v) is 7.36. The van der Waals surface area contributed by atoms with Gasteiger partial charge in [0.25, 0.3) is 5.91 Å². The van der Waals surface area contributed by atoms with Gasteiger partial charge in [0.05, 0.1) is 5.56 Å². The Hall–Kier alpha value is -2.31. The minimum Gasteiger partial charge on any atom is -0.508 e. The smallest absolute Gasteiger partial charge is 0.407 e. The molecule has 0 aliphatic carbocycles. The molecule has 1 fully saturated rings. The molecule has 138 valence electrons. The zero-order chi connectivity index (χ0) is 18.8. The van der Waals surface area contributed by atoms with Gasteiger partial charge in [-0.15, -0.1) is 0 Å². The van der Waals surface area contributed by atoms with E-state index in [0.717, 1.165) is 12.1 Å². The number of hydrogen-bond acceptors (Lipinski definition) is 4. The lowest BCUT2D eigenvalue weighted by atomic mass is 10.0. The molecule has 0 radical (unpaired) electrons. The molecular weight excluding hydrogens is 327 g/mol. The van der Waals surface area contributed by atoms with Crippen molar-refractivity contribution in [3.8, 4) is 5.75 Å².